The standard InChI is InChI=1S/C22H27NO3/c1-6-14(2)19-9-7-8-10-20(19)23-21(24)17(5)26-22(25)18-12-11-15(3)16(4)13-18/h7-14,17H,6H2,1-5H3,(H,23,24)/t14-,17+/m0/s1. The molecular formula is C22H27NO3. The molecule has 0 unspecified atom stereocenters. The van der Waals surface area contributed by atoms with Crippen LogP contribution in [0.25, 0.3) is 0 Å². The molecule has 0 saturated carbocycles. The van der Waals surface area contributed by atoms with Crippen molar-refractivity contribution in [3.8, 4) is 0 Å². The number of aryl methyl sites for hydroxylation is 2. The zero-order chi connectivity index (χ0) is 19.3. The van der Waals surface area contributed by atoms with Crippen LogP contribution in [0.15, 0.2) is 42.5 Å². The molecule has 2 aromatic carbocycles. The maximum Gasteiger partial charge on any atom is 0.338 e. The Bertz CT molecular complexity index is 798. The van der Waals surface area contributed by atoms with Crippen LogP contribution < -0.4 is 5.32 Å². The smallest absolute Gasteiger partial charge is 0.338 e. The molecule has 138 valence electrons. The average molecular weight is 353 g/mol. The van der Waals surface area contributed by atoms with Crippen LogP contribution in [0, 0.1) is 13.8 Å². The van der Waals surface area contributed by atoms with Crippen molar-refractivity contribution < 1.29 is 14.3 Å². The van der Waals surface area contributed by atoms with Crippen molar-refractivity contribution in [3.05, 3.63) is 64.7 Å². The molecule has 0 spiro atoms. The maximum absolute atomic E-state index is 12.5. The Labute approximate surface area is 155 Å². The highest BCUT2D eigenvalue weighted by molar-refractivity contribution is 5.97. The Morgan fingerprint density at radius 2 is 1.73 bits per heavy atom. The van der Waals surface area contributed by atoms with Crippen molar-refractivity contribution in [1.82, 2.24) is 0 Å². The minimum Gasteiger partial charge on any atom is -0.449 e. The second-order valence-corrected chi connectivity index (χ2v) is 6.73. The van der Waals surface area contributed by atoms with Crippen LogP contribution in [0.3, 0.4) is 0 Å². The number of nitrogens with one attached hydrogen (secondary N) is 1. The summed E-state index contributed by atoms with van der Waals surface area (Å²) in [7, 11) is 0. The predicted molar refractivity (Wildman–Crippen MR) is 105 cm³/mol. The molecule has 4 nitrogen and oxygen atoms in total. The van der Waals surface area contributed by atoms with Crippen molar-refractivity contribution in [2.75, 3.05) is 5.32 Å². The van der Waals surface area contributed by atoms with E-state index in [9.17, 15) is 9.59 Å². The quantitative estimate of drug-likeness (QED) is 0.744. The van der Waals surface area contributed by atoms with Gasteiger partial charge in [-0.25, -0.2) is 4.79 Å². The molecule has 0 aliphatic heterocycles. The second kappa shape index (κ2) is 8.65. The SMILES string of the molecule is CC[C@H](C)c1ccccc1NC(=O)[C@@H](C)OC(=O)c1ccc(C)c(C)c1. The van der Waals surface area contributed by atoms with Gasteiger partial charge in [-0.1, -0.05) is 38.1 Å². The fraction of sp³-hybridized carbons (Fsp3) is 0.364. The van der Waals surface area contributed by atoms with Gasteiger partial charge in [-0.15, -0.1) is 0 Å². The predicted octanol–water partition coefficient (Wildman–Crippen LogP) is 5.00. The lowest BCUT2D eigenvalue weighted by Gasteiger charge is -2.18. The van der Waals surface area contributed by atoms with E-state index in [0.717, 1.165) is 28.8 Å². The number of esters is 1. The van der Waals surface area contributed by atoms with Crippen molar-refractivity contribution in [1.29, 1.82) is 0 Å². The van der Waals surface area contributed by atoms with Crippen LogP contribution in [-0.2, 0) is 9.53 Å². The Morgan fingerprint density at radius 3 is 2.38 bits per heavy atom. The number of carbonyl (C=O) groups excluding carboxylic acids is 2. The molecule has 2 rings (SSSR count). The molecule has 4 heteroatoms. The molecule has 0 aliphatic carbocycles. The van der Waals surface area contributed by atoms with Crippen LogP contribution in [0.4, 0.5) is 5.69 Å². The second-order valence-electron chi connectivity index (χ2n) is 6.73. The highest BCUT2D eigenvalue weighted by atomic mass is 16.5. The Balaban J connectivity index is 2.06. The summed E-state index contributed by atoms with van der Waals surface area (Å²) in [5.74, 6) is -0.496. The zero-order valence-electron chi connectivity index (χ0n) is 16.1. The topological polar surface area (TPSA) is 55.4 Å². The van der Waals surface area contributed by atoms with E-state index in [0.29, 0.717) is 11.5 Å². The van der Waals surface area contributed by atoms with E-state index in [1.165, 1.54) is 0 Å². The largest absolute Gasteiger partial charge is 0.449 e. The van der Waals surface area contributed by atoms with Crippen LogP contribution >= 0.6 is 0 Å². The zero-order valence-corrected chi connectivity index (χ0v) is 16.1. The Kier molecular flexibility index (Phi) is 6.56. The first kappa shape index (κ1) is 19.7. The van der Waals surface area contributed by atoms with Gasteiger partial charge >= 0.3 is 5.97 Å². The first-order valence-electron chi connectivity index (χ1n) is 9.01. The fourth-order valence-electron chi connectivity index (χ4n) is 2.65. The van der Waals surface area contributed by atoms with E-state index in [4.69, 9.17) is 4.74 Å². The van der Waals surface area contributed by atoms with E-state index in [-0.39, 0.29) is 5.91 Å². The van der Waals surface area contributed by atoms with Gasteiger partial charge in [0.25, 0.3) is 5.91 Å². The first-order chi connectivity index (χ1) is 12.3. The van der Waals surface area contributed by atoms with Crippen molar-refractivity contribution in [2.45, 2.75) is 53.1 Å². The molecule has 0 aliphatic rings. The normalized spacial score (nSPS) is 13.0. The fourth-order valence-corrected chi connectivity index (χ4v) is 2.65. The maximum atomic E-state index is 12.5. The van der Waals surface area contributed by atoms with Gasteiger partial charge < -0.3 is 10.1 Å². The van der Waals surface area contributed by atoms with Crippen LogP contribution in [0.1, 0.15) is 60.2 Å². The molecule has 0 radical (unpaired) electrons. The summed E-state index contributed by atoms with van der Waals surface area (Å²) >= 11 is 0. The molecule has 1 N–H and O–H groups in total. The minimum atomic E-state index is -0.880. The van der Waals surface area contributed by atoms with Gasteiger partial charge in [-0.05, 0) is 68.0 Å². The van der Waals surface area contributed by atoms with E-state index in [2.05, 4.69) is 19.2 Å². The summed E-state index contributed by atoms with van der Waals surface area (Å²) in [6.45, 7) is 9.73. The van der Waals surface area contributed by atoms with Crippen LogP contribution in [0.2, 0.25) is 0 Å². The number of hydrogen-bond donors (Lipinski definition) is 1. The van der Waals surface area contributed by atoms with E-state index in [1.54, 1.807) is 19.1 Å². The van der Waals surface area contributed by atoms with Crippen molar-refractivity contribution in [3.63, 3.8) is 0 Å². The highest BCUT2D eigenvalue weighted by Gasteiger charge is 2.20. The highest BCUT2D eigenvalue weighted by Crippen LogP contribution is 2.26. The Hall–Kier alpha value is -2.62. The van der Waals surface area contributed by atoms with Crippen molar-refractivity contribution >= 4 is 17.6 Å². The minimum absolute atomic E-state index is 0.333. The number of para-hydroxylation sites is 1. The number of ether oxygens (including phenoxy) is 1. The van der Waals surface area contributed by atoms with E-state index in [1.807, 2.05) is 44.2 Å². The summed E-state index contributed by atoms with van der Waals surface area (Å²) in [6, 6.07) is 13.1. The van der Waals surface area contributed by atoms with Crippen molar-refractivity contribution in [2.24, 2.45) is 0 Å². The van der Waals surface area contributed by atoms with Gasteiger partial charge in [0, 0.05) is 5.69 Å². The molecule has 0 fully saturated rings. The molecular weight excluding hydrogens is 326 g/mol. The number of carbonyl (C=O) groups is 2. The third kappa shape index (κ3) is 4.72. The number of amides is 1. The molecule has 26 heavy (non-hydrogen) atoms. The van der Waals surface area contributed by atoms with Gasteiger partial charge in [0.05, 0.1) is 5.56 Å². The summed E-state index contributed by atoms with van der Waals surface area (Å²) < 4.78 is 5.34. The van der Waals surface area contributed by atoms with Gasteiger partial charge in [-0.3, -0.25) is 4.79 Å². The summed E-state index contributed by atoms with van der Waals surface area (Å²) in [6.07, 6.45) is 0.0959. The van der Waals surface area contributed by atoms with Gasteiger partial charge in [0.15, 0.2) is 6.10 Å². The molecule has 0 aromatic heterocycles. The lowest BCUT2D eigenvalue weighted by Crippen LogP contribution is -2.30. The lowest BCUT2D eigenvalue weighted by atomic mass is 9.97. The molecule has 0 bridgehead atoms. The van der Waals surface area contributed by atoms with Crippen LogP contribution in [0.5, 0.6) is 0 Å². The summed E-state index contributed by atoms with van der Waals surface area (Å²) in [5, 5.41) is 2.89. The van der Waals surface area contributed by atoms with E-state index < -0.39 is 12.1 Å². The summed E-state index contributed by atoms with van der Waals surface area (Å²) in [4.78, 5) is 24.8. The van der Waals surface area contributed by atoms with Crippen LogP contribution in [-0.4, -0.2) is 18.0 Å². The monoisotopic (exact) mass is 353 g/mol. The Morgan fingerprint density at radius 1 is 1.04 bits per heavy atom. The third-order valence-corrected chi connectivity index (χ3v) is 4.76. The summed E-state index contributed by atoms with van der Waals surface area (Å²) in [5.41, 5.74) is 4.41. The van der Waals surface area contributed by atoms with Gasteiger partial charge in [0.2, 0.25) is 0 Å². The number of rotatable bonds is 6. The van der Waals surface area contributed by atoms with Gasteiger partial charge in [-0.2, -0.15) is 0 Å². The molecule has 1 amide bonds. The van der Waals surface area contributed by atoms with Gasteiger partial charge in [0.1, 0.15) is 0 Å². The molecule has 0 saturated heterocycles. The molecule has 2 atom stereocenters. The molecule has 0 heterocycles. The lowest BCUT2D eigenvalue weighted by molar-refractivity contribution is -0.123. The average Bonchev–Trinajstić information content (AvgIpc) is 2.63. The first-order valence-corrected chi connectivity index (χ1v) is 9.01. The molecule has 2 aromatic rings. The number of hydrogen-bond acceptors (Lipinski definition) is 3. The number of benzene rings is 2. The van der Waals surface area contributed by atoms with E-state index >= 15 is 0 Å². The third-order valence-electron chi connectivity index (χ3n) is 4.76. The number of anilines is 1.